The van der Waals surface area contributed by atoms with Crippen LogP contribution in [0.5, 0.6) is 0 Å². The summed E-state index contributed by atoms with van der Waals surface area (Å²) in [7, 11) is 1.50. The third-order valence-corrected chi connectivity index (χ3v) is 1.72. The van der Waals surface area contributed by atoms with Crippen molar-refractivity contribution < 1.29 is 13.7 Å². The molecule has 0 saturated carbocycles. The number of nitrogens with zero attached hydrogens (tertiary/aromatic N) is 1. The van der Waals surface area contributed by atoms with E-state index in [0.717, 1.165) is 12.1 Å². The summed E-state index contributed by atoms with van der Waals surface area (Å²) in [5, 5.41) is 12.8. The fourth-order valence-electron chi connectivity index (χ4n) is 1.07. The second-order valence-corrected chi connectivity index (χ2v) is 2.65. The lowest BCUT2D eigenvalue weighted by molar-refractivity contribution is -0.387. The van der Waals surface area contributed by atoms with Crippen LogP contribution in [-0.4, -0.2) is 12.0 Å². The molecule has 1 aromatic rings. The van der Waals surface area contributed by atoms with Gasteiger partial charge < -0.3 is 5.32 Å². The molecule has 76 valence electrons. The minimum Gasteiger partial charge on any atom is -0.315 e. The first-order chi connectivity index (χ1) is 6.57. The topological polar surface area (TPSA) is 55.2 Å². The second-order valence-electron chi connectivity index (χ2n) is 2.65. The molecular formula is C8H8F2N2O2. The van der Waals surface area contributed by atoms with Crippen LogP contribution < -0.4 is 5.32 Å². The van der Waals surface area contributed by atoms with Gasteiger partial charge in [0.1, 0.15) is 5.82 Å². The molecule has 0 aliphatic rings. The molecule has 0 amide bonds. The maximum Gasteiger partial charge on any atom is 0.305 e. The van der Waals surface area contributed by atoms with Crippen LogP contribution in [-0.2, 0) is 6.54 Å². The van der Waals surface area contributed by atoms with E-state index in [9.17, 15) is 18.9 Å². The first kappa shape index (κ1) is 10.5. The van der Waals surface area contributed by atoms with Gasteiger partial charge in [-0.15, -0.1) is 0 Å². The fourth-order valence-corrected chi connectivity index (χ4v) is 1.07. The average Bonchev–Trinajstić information content (AvgIpc) is 2.11. The molecule has 4 nitrogen and oxygen atoms in total. The van der Waals surface area contributed by atoms with Crippen molar-refractivity contribution in [2.45, 2.75) is 6.54 Å². The van der Waals surface area contributed by atoms with Gasteiger partial charge >= 0.3 is 5.69 Å². The summed E-state index contributed by atoms with van der Waals surface area (Å²) >= 11 is 0. The summed E-state index contributed by atoms with van der Waals surface area (Å²) in [6.07, 6.45) is 0. The smallest absolute Gasteiger partial charge is 0.305 e. The van der Waals surface area contributed by atoms with Crippen LogP contribution in [0.2, 0.25) is 0 Å². The molecule has 0 fully saturated rings. The Morgan fingerprint density at radius 1 is 1.50 bits per heavy atom. The number of rotatable bonds is 3. The molecule has 0 atom stereocenters. The molecule has 0 spiro atoms. The SMILES string of the molecule is CNCc1c(F)ccc([N+](=O)[O-])c1F. The number of hydrogen-bond donors (Lipinski definition) is 1. The summed E-state index contributed by atoms with van der Waals surface area (Å²) in [6.45, 7) is -0.0840. The maximum absolute atomic E-state index is 13.2. The summed E-state index contributed by atoms with van der Waals surface area (Å²) < 4.78 is 26.2. The van der Waals surface area contributed by atoms with Gasteiger partial charge in [-0.3, -0.25) is 10.1 Å². The Kier molecular flexibility index (Phi) is 3.08. The third-order valence-electron chi connectivity index (χ3n) is 1.72. The van der Waals surface area contributed by atoms with Crippen LogP contribution in [0.1, 0.15) is 5.56 Å². The molecule has 0 aromatic heterocycles. The van der Waals surface area contributed by atoms with Crippen molar-refractivity contribution in [2.24, 2.45) is 0 Å². The van der Waals surface area contributed by atoms with Crippen molar-refractivity contribution >= 4 is 5.69 Å². The predicted molar refractivity (Wildman–Crippen MR) is 45.8 cm³/mol. The number of nitro groups is 1. The molecular weight excluding hydrogens is 194 g/mol. The number of halogens is 2. The van der Waals surface area contributed by atoms with Crippen LogP contribution in [0.4, 0.5) is 14.5 Å². The highest BCUT2D eigenvalue weighted by Gasteiger charge is 2.20. The van der Waals surface area contributed by atoms with E-state index >= 15 is 0 Å². The van der Waals surface area contributed by atoms with Crippen molar-refractivity contribution in [1.29, 1.82) is 0 Å². The lowest BCUT2D eigenvalue weighted by Gasteiger charge is -2.03. The van der Waals surface area contributed by atoms with Crippen LogP contribution in [0, 0.1) is 21.7 Å². The third kappa shape index (κ3) is 1.85. The Morgan fingerprint density at radius 2 is 2.14 bits per heavy atom. The quantitative estimate of drug-likeness (QED) is 0.598. The molecule has 14 heavy (non-hydrogen) atoms. The molecule has 1 rings (SSSR count). The van der Waals surface area contributed by atoms with Crippen molar-refractivity contribution in [3.63, 3.8) is 0 Å². The largest absolute Gasteiger partial charge is 0.315 e. The van der Waals surface area contributed by atoms with E-state index in [2.05, 4.69) is 5.32 Å². The summed E-state index contributed by atoms with van der Waals surface area (Å²) in [4.78, 5) is 9.43. The zero-order valence-corrected chi connectivity index (χ0v) is 7.38. The van der Waals surface area contributed by atoms with Crippen molar-refractivity contribution in [3.8, 4) is 0 Å². The first-order valence-corrected chi connectivity index (χ1v) is 3.83. The Balaban J connectivity index is 3.26. The minimum atomic E-state index is -1.12. The van der Waals surface area contributed by atoms with E-state index < -0.39 is 22.2 Å². The highest BCUT2D eigenvalue weighted by atomic mass is 19.1. The molecule has 6 heteroatoms. The van der Waals surface area contributed by atoms with Crippen LogP contribution in [0.3, 0.4) is 0 Å². The lowest BCUT2D eigenvalue weighted by Crippen LogP contribution is -2.10. The van der Waals surface area contributed by atoms with Gasteiger partial charge in [0, 0.05) is 18.2 Å². The Labute approximate surface area is 78.7 Å². The van der Waals surface area contributed by atoms with E-state index in [1.165, 1.54) is 7.05 Å². The van der Waals surface area contributed by atoms with Crippen LogP contribution >= 0.6 is 0 Å². The molecule has 1 N–H and O–H groups in total. The van der Waals surface area contributed by atoms with Gasteiger partial charge in [0.05, 0.1) is 4.92 Å². The van der Waals surface area contributed by atoms with Crippen LogP contribution in [0.25, 0.3) is 0 Å². The molecule has 0 radical (unpaired) electrons. The molecule has 0 aliphatic carbocycles. The highest BCUT2D eigenvalue weighted by molar-refractivity contribution is 5.37. The summed E-state index contributed by atoms with van der Waals surface area (Å²) in [5.74, 6) is -1.91. The highest BCUT2D eigenvalue weighted by Crippen LogP contribution is 2.22. The lowest BCUT2D eigenvalue weighted by atomic mass is 10.1. The normalized spacial score (nSPS) is 10.2. The maximum atomic E-state index is 13.2. The van der Waals surface area contributed by atoms with Crippen molar-refractivity contribution in [2.75, 3.05) is 7.05 Å². The van der Waals surface area contributed by atoms with Gasteiger partial charge in [-0.2, -0.15) is 4.39 Å². The predicted octanol–water partition coefficient (Wildman–Crippen LogP) is 1.59. The standard InChI is InChI=1S/C8H8F2N2O2/c1-11-4-5-6(9)2-3-7(8(5)10)12(13)14/h2-3,11H,4H2,1H3. The number of nitro benzene ring substituents is 1. The second kappa shape index (κ2) is 4.10. The monoisotopic (exact) mass is 202 g/mol. The van der Waals surface area contributed by atoms with E-state index in [-0.39, 0.29) is 12.1 Å². The van der Waals surface area contributed by atoms with Crippen LogP contribution in [0.15, 0.2) is 12.1 Å². The van der Waals surface area contributed by atoms with Crippen molar-refractivity contribution in [3.05, 3.63) is 39.4 Å². The molecule has 1 aromatic carbocycles. The Morgan fingerprint density at radius 3 is 2.64 bits per heavy atom. The van der Waals surface area contributed by atoms with Gasteiger partial charge in [-0.05, 0) is 13.1 Å². The molecule has 0 saturated heterocycles. The van der Waals surface area contributed by atoms with Gasteiger partial charge in [0.25, 0.3) is 0 Å². The van der Waals surface area contributed by atoms with E-state index in [1.54, 1.807) is 0 Å². The van der Waals surface area contributed by atoms with Gasteiger partial charge in [-0.1, -0.05) is 0 Å². The zero-order valence-electron chi connectivity index (χ0n) is 7.38. The average molecular weight is 202 g/mol. The number of hydrogen-bond acceptors (Lipinski definition) is 3. The van der Waals surface area contributed by atoms with Gasteiger partial charge in [0.2, 0.25) is 5.82 Å². The fraction of sp³-hybridized carbons (Fsp3) is 0.250. The number of benzene rings is 1. The molecule has 0 aliphatic heterocycles. The Bertz CT molecular complexity index is 369. The van der Waals surface area contributed by atoms with Gasteiger partial charge in [0.15, 0.2) is 0 Å². The Hall–Kier alpha value is -1.56. The first-order valence-electron chi connectivity index (χ1n) is 3.83. The summed E-state index contributed by atoms with van der Waals surface area (Å²) in [5.41, 5.74) is -1.03. The summed E-state index contributed by atoms with van der Waals surface area (Å²) in [6, 6.07) is 1.69. The van der Waals surface area contributed by atoms with Crippen molar-refractivity contribution in [1.82, 2.24) is 5.32 Å². The molecule has 0 unspecified atom stereocenters. The number of nitrogens with one attached hydrogen (secondary N) is 1. The molecule has 0 bridgehead atoms. The zero-order chi connectivity index (χ0) is 10.7. The minimum absolute atomic E-state index is 0.0840. The van der Waals surface area contributed by atoms with E-state index in [0.29, 0.717) is 0 Å². The van der Waals surface area contributed by atoms with E-state index in [4.69, 9.17) is 0 Å². The molecule has 0 heterocycles. The van der Waals surface area contributed by atoms with E-state index in [1.807, 2.05) is 0 Å². The van der Waals surface area contributed by atoms with Gasteiger partial charge in [-0.25, -0.2) is 4.39 Å².